The highest BCUT2D eigenvalue weighted by Gasteiger charge is 2.18. The standard InChI is InChI=1S/C13H26N2O/c1-4-11(2)9-12(3)14-10-13(16)15-7-5-6-8-15/h11-12,14H,4-10H2,1-3H3. The fraction of sp³-hybridized carbons (Fsp3) is 0.923. The second-order valence-corrected chi connectivity index (χ2v) is 5.12. The summed E-state index contributed by atoms with van der Waals surface area (Å²) in [6, 6.07) is 0.446. The Morgan fingerprint density at radius 1 is 1.31 bits per heavy atom. The van der Waals surface area contributed by atoms with Crippen LogP contribution in [0.4, 0.5) is 0 Å². The molecular weight excluding hydrogens is 200 g/mol. The Morgan fingerprint density at radius 3 is 2.50 bits per heavy atom. The van der Waals surface area contributed by atoms with Gasteiger partial charge in [0.05, 0.1) is 6.54 Å². The van der Waals surface area contributed by atoms with Crippen molar-refractivity contribution in [2.75, 3.05) is 19.6 Å². The third-order valence-electron chi connectivity index (χ3n) is 3.51. The van der Waals surface area contributed by atoms with Crippen molar-refractivity contribution in [1.29, 1.82) is 0 Å². The summed E-state index contributed by atoms with van der Waals surface area (Å²) in [5.74, 6) is 1.01. The van der Waals surface area contributed by atoms with Gasteiger partial charge < -0.3 is 10.2 Å². The molecule has 3 nitrogen and oxygen atoms in total. The molecule has 0 bridgehead atoms. The highest BCUT2D eigenvalue weighted by atomic mass is 16.2. The van der Waals surface area contributed by atoms with E-state index in [-0.39, 0.29) is 5.91 Å². The number of rotatable bonds is 6. The minimum atomic E-state index is 0.272. The van der Waals surface area contributed by atoms with Gasteiger partial charge in [-0.25, -0.2) is 0 Å². The second-order valence-electron chi connectivity index (χ2n) is 5.12. The van der Waals surface area contributed by atoms with Crippen molar-refractivity contribution in [1.82, 2.24) is 10.2 Å². The van der Waals surface area contributed by atoms with Crippen LogP contribution < -0.4 is 5.32 Å². The lowest BCUT2D eigenvalue weighted by molar-refractivity contribution is -0.129. The van der Waals surface area contributed by atoms with E-state index < -0.39 is 0 Å². The molecule has 0 aromatic carbocycles. The van der Waals surface area contributed by atoms with Crippen LogP contribution >= 0.6 is 0 Å². The molecule has 1 N–H and O–H groups in total. The molecule has 1 fully saturated rings. The highest BCUT2D eigenvalue weighted by molar-refractivity contribution is 5.78. The topological polar surface area (TPSA) is 32.3 Å². The number of amides is 1. The van der Waals surface area contributed by atoms with Crippen LogP contribution in [0.5, 0.6) is 0 Å². The van der Waals surface area contributed by atoms with Crippen molar-refractivity contribution in [3.63, 3.8) is 0 Å². The number of nitrogens with zero attached hydrogens (tertiary/aromatic N) is 1. The summed E-state index contributed by atoms with van der Waals surface area (Å²) in [6.45, 7) is 9.08. The Bertz CT molecular complexity index is 212. The lowest BCUT2D eigenvalue weighted by Gasteiger charge is -2.20. The van der Waals surface area contributed by atoms with Crippen molar-refractivity contribution in [3.8, 4) is 0 Å². The molecule has 0 aliphatic carbocycles. The molecule has 0 saturated carbocycles. The maximum Gasteiger partial charge on any atom is 0.236 e. The van der Waals surface area contributed by atoms with E-state index in [9.17, 15) is 4.79 Å². The number of carbonyl (C=O) groups excluding carboxylic acids is 1. The van der Waals surface area contributed by atoms with Gasteiger partial charge in [0.15, 0.2) is 0 Å². The van der Waals surface area contributed by atoms with Crippen LogP contribution in [0.1, 0.15) is 46.5 Å². The fourth-order valence-corrected chi connectivity index (χ4v) is 2.19. The summed E-state index contributed by atoms with van der Waals surface area (Å²) < 4.78 is 0. The van der Waals surface area contributed by atoms with E-state index in [1.54, 1.807) is 0 Å². The molecule has 1 heterocycles. The van der Waals surface area contributed by atoms with E-state index in [0.29, 0.717) is 12.6 Å². The van der Waals surface area contributed by atoms with Crippen molar-refractivity contribution >= 4 is 5.91 Å². The molecule has 1 amide bonds. The molecular formula is C13H26N2O. The van der Waals surface area contributed by atoms with Crippen molar-refractivity contribution in [2.24, 2.45) is 5.92 Å². The molecule has 1 aliphatic rings. The zero-order valence-electron chi connectivity index (χ0n) is 11.0. The van der Waals surface area contributed by atoms with E-state index in [1.807, 2.05) is 4.90 Å². The second kappa shape index (κ2) is 6.89. The van der Waals surface area contributed by atoms with Gasteiger partial charge in [-0.05, 0) is 32.1 Å². The number of hydrogen-bond acceptors (Lipinski definition) is 2. The molecule has 2 atom stereocenters. The molecule has 1 aliphatic heterocycles. The van der Waals surface area contributed by atoms with Crippen molar-refractivity contribution in [2.45, 2.75) is 52.5 Å². The Labute approximate surface area is 99.6 Å². The minimum absolute atomic E-state index is 0.272. The molecule has 0 radical (unpaired) electrons. The van der Waals surface area contributed by atoms with E-state index >= 15 is 0 Å². The molecule has 3 heteroatoms. The van der Waals surface area contributed by atoms with E-state index in [1.165, 1.54) is 19.3 Å². The van der Waals surface area contributed by atoms with E-state index in [2.05, 4.69) is 26.1 Å². The van der Waals surface area contributed by atoms with E-state index in [0.717, 1.165) is 25.4 Å². The average Bonchev–Trinajstić information content (AvgIpc) is 2.79. The summed E-state index contributed by atoms with van der Waals surface area (Å²) in [5, 5.41) is 3.33. The molecule has 0 spiro atoms. The Balaban J connectivity index is 2.15. The van der Waals surface area contributed by atoms with Gasteiger partial charge in [-0.3, -0.25) is 4.79 Å². The molecule has 0 aromatic rings. The van der Waals surface area contributed by atoms with Gasteiger partial charge in [0.1, 0.15) is 0 Å². The average molecular weight is 226 g/mol. The number of likely N-dealkylation sites (tertiary alicyclic amines) is 1. The summed E-state index contributed by atoms with van der Waals surface area (Å²) in [6.07, 6.45) is 4.72. The highest BCUT2D eigenvalue weighted by Crippen LogP contribution is 2.10. The first-order valence-corrected chi connectivity index (χ1v) is 6.64. The fourth-order valence-electron chi connectivity index (χ4n) is 2.19. The maximum absolute atomic E-state index is 11.8. The monoisotopic (exact) mass is 226 g/mol. The molecule has 1 rings (SSSR count). The Hall–Kier alpha value is -0.570. The maximum atomic E-state index is 11.8. The van der Waals surface area contributed by atoms with Crippen LogP contribution in [0.15, 0.2) is 0 Å². The first kappa shape index (κ1) is 13.5. The molecule has 94 valence electrons. The van der Waals surface area contributed by atoms with Crippen LogP contribution in [-0.2, 0) is 4.79 Å². The van der Waals surface area contributed by atoms with Crippen molar-refractivity contribution < 1.29 is 4.79 Å². The number of nitrogens with one attached hydrogen (secondary N) is 1. The Morgan fingerprint density at radius 2 is 1.94 bits per heavy atom. The van der Waals surface area contributed by atoms with Gasteiger partial charge in [0, 0.05) is 19.1 Å². The molecule has 1 saturated heterocycles. The van der Waals surface area contributed by atoms with Gasteiger partial charge in [0.2, 0.25) is 5.91 Å². The van der Waals surface area contributed by atoms with Gasteiger partial charge in [-0.1, -0.05) is 20.3 Å². The first-order chi connectivity index (χ1) is 7.63. The lowest BCUT2D eigenvalue weighted by atomic mass is 10.0. The third kappa shape index (κ3) is 4.52. The third-order valence-corrected chi connectivity index (χ3v) is 3.51. The smallest absolute Gasteiger partial charge is 0.236 e. The molecule has 16 heavy (non-hydrogen) atoms. The minimum Gasteiger partial charge on any atom is -0.342 e. The van der Waals surface area contributed by atoms with Gasteiger partial charge >= 0.3 is 0 Å². The Kier molecular flexibility index (Phi) is 5.81. The largest absolute Gasteiger partial charge is 0.342 e. The summed E-state index contributed by atoms with van der Waals surface area (Å²) in [7, 11) is 0. The van der Waals surface area contributed by atoms with Crippen LogP contribution in [0.2, 0.25) is 0 Å². The molecule has 0 aromatic heterocycles. The van der Waals surface area contributed by atoms with Crippen LogP contribution in [0, 0.1) is 5.92 Å². The number of carbonyl (C=O) groups is 1. The quantitative estimate of drug-likeness (QED) is 0.751. The summed E-state index contributed by atoms with van der Waals surface area (Å²) in [5.41, 5.74) is 0. The number of hydrogen-bond donors (Lipinski definition) is 1. The summed E-state index contributed by atoms with van der Waals surface area (Å²) in [4.78, 5) is 13.7. The van der Waals surface area contributed by atoms with Crippen LogP contribution in [0.3, 0.4) is 0 Å². The van der Waals surface area contributed by atoms with Gasteiger partial charge in [-0.2, -0.15) is 0 Å². The van der Waals surface area contributed by atoms with E-state index in [4.69, 9.17) is 0 Å². The lowest BCUT2D eigenvalue weighted by Crippen LogP contribution is -2.40. The predicted octanol–water partition coefficient (Wildman–Crippen LogP) is 2.02. The first-order valence-electron chi connectivity index (χ1n) is 6.64. The van der Waals surface area contributed by atoms with Crippen LogP contribution in [0.25, 0.3) is 0 Å². The molecule has 2 unspecified atom stereocenters. The van der Waals surface area contributed by atoms with Gasteiger partial charge in [0.25, 0.3) is 0 Å². The van der Waals surface area contributed by atoms with Crippen LogP contribution in [-0.4, -0.2) is 36.5 Å². The van der Waals surface area contributed by atoms with Crippen molar-refractivity contribution in [3.05, 3.63) is 0 Å². The SMILES string of the molecule is CCC(C)CC(C)NCC(=O)N1CCCC1. The van der Waals surface area contributed by atoms with Gasteiger partial charge in [-0.15, -0.1) is 0 Å². The normalized spacial score (nSPS) is 19.8. The predicted molar refractivity (Wildman–Crippen MR) is 67.4 cm³/mol. The zero-order valence-corrected chi connectivity index (χ0v) is 11.0. The zero-order chi connectivity index (χ0) is 12.0. The summed E-state index contributed by atoms with van der Waals surface area (Å²) >= 11 is 0.